The lowest BCUT2D eigenvalue weighted by atomic mass is 10.1. The van der Waals surface area contributed by atoms with Gasteiger partial charge in [-0.1, -0.05) is 39.0 Å². The summed E-state index contributed by atoms with van der Waals surface area (Å²) in [6, 6.07) is 4.89. The van der Waals surface area contributed by atoms with E-state index in [1.54, 1.807) is 7.05 Å². The van der Waals surface area contributed by atoms with Gasteiger partial charge in [0.1, 0.15) is 0 Å². The predicted octanol–water partition coefficient (Wildman–Crippen LogP) is 4.14. The average Bonchev–Trinajstić information content (AvgIpc) is 2.40. The van der Waals surface area contributed by atoms with Crippen molar-refractivity contribution in [3.63, 3.8) is 0 Å². The SMILES string of the molecule is CC.CCCN(C)C(=O)Cc1cccc(C(F)(F)F)c1. The van der Waals surface area contributed by atoms with Crippen LogP contribution in [0, 0.1) is 0 Å². The summed E-state index contributed by atoms with van der Waals surface area (Å²) in [7, 11) is 1.65. The molecule has 0 unspecified atom stereocenters. The molecule has 114 valence electrons. The van der Waals surface area contributed by atoms with E-state index in [2.05, 4.69) is 0 Å². The van der Waals surface area contributed by atoms with Crippen LogP contribution < -0.4 is 0 Å². The monoisotopic (exact) mass is 289 g/mol. The van der Waals surface area contributed by atoms with Crippen molar-refractivity contribution in [2.45, 2.75) is 39.8 Å². The van der Waals surface area contributed by atoms with E-state index in [0.717, 1.165) is 18.6 Å². The number of nitrogens with zero attached hydrogens (tertiary/aromatic N) is 1. The Morgan fingerprint density at radius 1 is 1.25 bits per heavy atom. The number of carbonyl (C=O) groups excluding carboxylic acids is 1. The standard InChI is InChI=1S/C13H16F3NO.C2H6/c1-3-7-17(2)12(18)9-10-5-4-6-11(8-10)13(14,15)16;1-2/h4-6,8H,3,7,9H2,1-2H3;1-2H3. The largest absolute Gasteiger partial charge is 0.416 e. The molecule has 0 fully saturated rings. The number of hydrogen-bond acceptors (Lipinski definition) is 1. The minimum atomic E-state index is -4.37. The molecule has 0 saturated carbocycles. The Kier molecular flexibility index (Phi) is 7.96. The molecule has 5 heteroatoms. The highest BCUT2D eigenvalue weighted by Gasteiger charge is 2.30. The number of halogens is 3. The van der Waals surface area contributed by atoms with Crippen molar-refractivity contribution in [2.24, 2.45) is 0 Å². The molecule has 1 amide bonds. The van der Waals surface area contributed by atoms with E-state index >= 15 is 0 Å². The van der Waals surface area contributed by atoms with Crippen LogP contribution in [0.5, 0.6) is 0 Å². The third kappa shape index (κ3) is 6.08. The molecule has 1 aromatic rings. The molecule has 0 saturated heterocycles. The van der Waals surface area contributed by atoms with Crippen molar-refractivity contribution in [1.82, 2.24) is 4.90 Å². The zero-order valence-corrected chi connectivity index (χ0v) is 12.4. The van der Waals surface area contributed by atoms with Crippen molar-refractivity contribution in [1.29, 1.82) is 0 Å². The predicted molar refractivity (Wildman–Crippen MR) is 74.4 cm³/mol. The zero-order chi connectivity index (χ0) is 15.8. The second-order valence-corrected chi connectivity index (χ2v) is 4.19. The summed E-state index contributed by atoms with van der Waals surface area (Å²) >= 11 is 0. The topological polar surface area (TPSA) is 20.3 Å². The lowest BCUT2D eigenvalue weighted by Gasteiger charge is -2.16. The van der Waals surface area contributed by atoms with Crippen LogP contribution >= 0.6 is 0 Å². The number of benzene rings is 1. The number of hydrogen-bond donors (Lipinski definition) is 0. The lowest BCUT2D eigenvalue weighted by molar-refractivity contribution is -0.137. The molecular weight excluding hydrogens is 267 g/mol. The second-order valence-electron chi connectivity index (χ2n) is 4.19. The molecule has 0 aliphatic carbocycles. The lowest BCUT2D eigenvalue weighted by Crippen LogP contribution is -2.28. The Morgan fingerprint density at radius 2 is 1.85 bits per heavy atom. The molecule has 0 heterocycles. The van der Waals surface area contributed by atoms with E-state index in [1.807, 2.05) is 20.8 Å². The number of amides is 1. The van der Waals surface area contributed by atoms with Crippen LogP contribution in [0.4, 0.5) is 13.2 Å². The van der Waals surface area contributed by atoms with E-state index in [4.69, 9.17) is 0 Å². The summed E-state index contributed by atoms with van der Waals surface area (Å²) in [4.78, 5) is 13.2. The Labute approximate surface area is 118 Å². The maximum atomic E-state index is 12.5. The molecule has 0 spiro atoms. The van der Waals surface area contributed by atoms with Gasteiger partial charge in [-0.3, -0.25) is 4.79 Å². The van der Waals surface area contributed by atoms with Gasteiger partial charge in [-0.25, -0.2) is 0 Å². The Bertz CT molecular complexity index is 416. The van der Waals surface area contributed by atoms with E-state index in [0.29, 0.717) is 12.1 Å². The van der Waals surface area contributed by atoms with Gasteiger partial charge in [-0.2, -0.15) is 13.2 Å². The summed E-state index contributed by atoms with van der Waals surface area (Å²) < 4.78 is 37.5. The molecular formula is C15H22F3NO. The minimum Gasteiger partial charge on any atom is -0.345 e. The minimum absolute atomic E-state index is 0.000417. The fraction of sp³-hybridized carbons (Fsp3) is 0.533. The van der Waals surface area contributed by atoms with Crippen molar-refractivity contribution in [2.75, 3.05) is 13.6 Å². The van der Waals surface area contributed by atoms with Gasteiger partial charge < -0.3 is 4.90 Å². The van der Waals surface area contributed by atoms with Crippen molar-refractivity contribution in [3.8, 4) is 0 Å². The fourth-order valence-electron chi connectivity index (χ4n) is 1.63. The van der Waals surface area contributed by atoms with Gasteiger partial charge in [0.15, 0.2) is 0 Å². The van der Waals surface area contributed by atoms with Gasteiger partial charge in [-0.05, 0) is 18.1 Å². The van der Waals surface area contributed by atoms with Crippen molar-refractivity contribution < 1.29 is 18.0 Å². The number of rotatable bonds is 4. The summed E-state index contributed by atoms with van der Waals surface area (Å²) in [5.74, 6) is -0.170. The Morgan fingerprint density at radius 3 is 2.35 bits per heavy atom. The van der Waals surface area contributed by atoms with E-state index < -0.39 is 11.7 Å². The normalized spacial score (nSPS) is 10.6. The van der Waals surface area contributed by atoms with Gasteiger partial charge in [0.2, 0.25) is 5.91 Å². The van der Waals surface area contributed by atoms with Crippen LogP contribution in [0.2, 0.25) is 0 Å². The first kappa shape index (κ1) is 18.5. The fourth-order valence-corrected chi connectivity index (χ4v) is 1.63. The summed E-state index contributed by atoms with van der Waals surface area (Å²) in [5, 5.41) is 0. The van der Waals surface area contributed by atoms with Crippen LogP contribution in [0.15, 0.2) is 24.3 Å². The van der Waals surface area contributed by atoms with E-state index in [-0.39, 0.29) is 12.3 Å². The van der Waals surface area contributed by atoms with Gasteiger partial charge in [0, 0.05) is 13.6 Å². The van der Waals surface area contributed by atoms with Crippen LogP contribution in [-0.4, -0.2) is 24.4 Å². The highest BCUT2D eigenvalue weighted by molar-refractivity contribution is 5.78. The number of likely N-dealkylation sites (N-methyl/N-ethyl adjacent to an activating group) is 1. The van der Waals surface area contributed by atoms with Crippen LogP contribution in [-0.2, 0) is 17.4 Å². The number of carbonyl (C=O) groups is 1. The van der Waals surface area contributed by atoms with Gasteiger partial charge >= 0.3 is 6.18 Å². The molecule has 2 nitrogen and oxygen atoms in total. The molecule has 0 atom stereocenters. The zero-order valence-electron chi connectivity index (χ0n) is 12.4. The van der Waals surface area contributed by atoms with Crippen molar-refractivity contribution in [3.05, 3.63) is 35.4 Å². The van der Waals surface area contributed by atoms with E-state index in [1.165, 1.54) is 17.0 Å². The Balaban J connectivity index is 0.00000172. The van der Waals surface area contributed by atoms with Crippen LogP contribution in [0.1, 0.15) is 38.3 Å². The number of alkyl halides is 3. The molecule has 0 aliphatic rings. The quantitative estimate of drug-likeness (QED) is 0.815. The first-order chi connectivity index (χ1) is 9.34. The third-order valence-electron chi connectivity index (χ3n) is 2.59. The van der Waals surface area contributed by atoms with Gasteiger partial charge in [0.25, 0.3) is 0 Å². The summed E-state index contributed by atoms with van der Waals surface area (Å²) in [5.41, 5.74) is -0.330. The molecule has 0 bridgehead atoms. The maximum Gasteiger partial charge on any atom is 0.416 e. The molecule has 0 radical (unpaired) electrons. The first-order valence-corrected chi connectivity index (χ1v) is 6.74. The molecule has 1 rings (SSSR count). The smallest absolute Gasteiger partial charge is 0.345 e. The molecule has 1 aromatic carbocycles. The Hall–Kier alpha value is -1.52. The second kappa shape index (κ2) is 8.61. The van der Waals surface area contributed by atoms with Crippen LogP contribution in [0.25, 0.3) is 0 Å². The molecule has 0 N–H and O–H groups in total. The van der Waals surface area contributed by atoms with Gasteiger partial charge in [-0.15, -0.1) is 0 Å². The van der Waals surface area contributed by atoms with E-state index in [9.17, 15) is 18.0 Å². The first-order valence-electron chi connectivity index (χ1n) is 6.74. The average molecular weight is 289 g/mol. The van der Waals surface area contributed by atoms with Gasteiger partial charge in [0.05, 0.1) is 12.0 Å². The highest BCUT2D eigenvalue weighted by Crippen LogP contribution is 2.29. The van der Waals surface area contributed by atoms with Crippen molar-refractivity contribution >= 4 is 5.91 Å². The molecule has 0 aliphatic heterocycles. The third-order valence-corrected chi connectivity index (χ3v) is 2.59. The summed E-state index contributed by atoms with van der Waals surface area (Å²) in [6.45, 7) is 6.55. The maximum absolute atomic E-state index is 12.5. The summed E-state index contributed by atoms with van der Waals surface area (Å²) in [6.07, 6.45) is -3.54. The van der Waals surface area contributed by atoms with Crippen LogP contribution in [0.3, 0.4) is 0 Å². The highest BCUT2D eigenvalue weighted by atomic mass is 19.4. The molecule has 20 heavy (non-hydrogen) atoms. The molecule has 0 aromatic heterocycles.